The molecule has 1 aliphatic rings. The molecule has 0 aliphatic carbocycles. The van der Waals surface area contributed by atoms with Gasteiger partial charge >= 0.3 is 0 Å². The van der Waals surface area contributed by atoms with Crippen molar-refractivity contribution in [2.75, 3.05) is 25.5 Å². The molecule has 0 radical (unpaired) electrons. The van der Waals surface area contributed by atoms with E-state index in [4.69, 9.17) is 16.3 Å². The number of anilines is 1. The summed E-state index contributed by atoms with van der Waals surface area (Å²) in [6, 6.07) is 5.02. The van der Waals surface area contributed by atoms with Crippen molar-refractivity contribution in [1.29, 1.82) is 0 Å². The third-order valence-corrected chi connectivity index (χ3v) is 4.04. The summed E-state index contributed by atoms with van der Waals surface area (Å²) in [5, 5.41) is 3.21. The minimum absolute atomic E-state index is 0.153. The highest BCUT2D eigenvalue weighted by Gasteiger charge is 2.36. The maximum absolute atomic E-state index is 12.2. The van der Waals surface area contributed by atoms with Gasteiger partial charge in [-0.05, 0) is 18.2 Å². The van der Waals surface area contributed by atoms with Crippen LogP contribution in [-0.2, 0) is 4.79 Å². The molecule has 2 aromatic rings. The standard InChI is InChI=1S/C16H15ClN4O3/c1-24-14-3-2-11(6-12(14)17)20-15(22)10-8-21(9-10)16(23)13-7-18-4-5-19-13/h2-7,10H,8-9H2,1H3,(H,20,22). The average molecular weight is 347 g/mol. The fourth-order valence-electron chi connectivity index (χ4n) is 2.37. The highest BCUT2D eigenvalue weighted by Crippen LogP contribution is 2.28. The Labute approximate surface area is 143 Å². The fraction of sp³-hybridized carbons (Fsp3) is 0.250. The first-order chi connectivity index (χ1) is 11.6. The SMILES string of the molecule is COc1ccc(NC(=O)C2CN(C(=O)c3cnccn3)C2)cc1Cl. The lowest BCUT2D eigenvalue weighted by atomic mass is 9.98. The van der Waals surface area contributed by atoms with Crippen LogP contribution in [0, 0.1) is 5.92 Å². The number of carbonyl (C=O) groups excluding carboxylic acids is 2. The van der Waals surface area contributed by atoms with Crippen molar-refractivity contribution in [3.8, 4) is 5.75 Å². The Kier molecular flexibility index (Phi) is 4.61. The summed E-state index contributed by atoms with van der Waals surface area (Å²) in [6.07, 6.45) is 4.38. The van der Waals surface area contributed by atoms with Crippen LogP contribution in [0.15, 0.2) is 36.8 Å². The molecule has 8 heteroatoms. The van der Waals surface area contributed by atoms with E-state index in [2.05, 4.69) is 15.3 Å². The molecule has 0 atom stereocenters. The van der Waals surface area contributed by atoms with E-state index < -0.39 is 0 Å². The van der Waals surface area contributed by atoms with Gasteiger partial charge in [0.15, 0.2) is 0 Å². The number of ether oxygens (including phenoxy) is 1. The van der Waals surface area contributed by atoms with E-state index in [0.29, 0.717) is 29.5 Å². The van der Waals surface area contributed by atoms with Crippen molar-refractivity contribution in [1.82, 2.24) is 14.9 Å². The molecule has 7 nitrogen and oxygen atoms in total. The summed E-state index contributed by atoms with van der Waals surface area (Å²) >= 11 is 6.03. The Bertz CT molecular complexity index is 763. The van der Waals surface area contributed by atoms with E-state index in [9.17, 15) is 9.59 Å². The largest absolute Gasteiger partial charge is 0.495 e. The molecule has 1 saturated heterocycles. The molecule has 0 spiro atoms. The summed E-state index contributed by atoms with van der Waals surface area (Å²) < 4.78 is 5.07. The first-order valence-electron chi connectivity index (χ1n) is 7.28. The number of nitrogens with one attached hydrogen (secondary N) is 1. The summed E-state index contributed by atoms with van der Waals surface area (Å²) in [6.45, 7) is 0.705. The minimum Gasteiger partial charge on any atom is -0.495 e. The number of hydrogen-bond acceptors (Lipinski definition) is 5. The van der Waals surface area contributed by atoms with Crippen molar-refractivity contribution >= 4 is 29.1 Å². The maximum atomic E-state index is 12.2. The first kappa shape index (κ1) is 16.2. The number of halogens is 1. The molecule has 1 N–H and O–H groups in total. The molecule has 3 rings (SSSR count). The third-order valence-electron chi connectivity index (χ3n) is 3.74. The van der Waals surface area contributed by atoms with Gasteiger partial charge in [0.1, 0.15) is 11.4 Å². The van der Waals surface area contributed by atoms with Gasteiger partial charge in [0.25, 0.3) is 5.91 Å². The number of hydrogen-bond donors (Lipinski definition) is 1. The van der Waals surface area contributed by atoms with E-state index in [0.717, 1.165) is 0 Å². The second-order valence-corrected chi connectivity index (χ2v) is 5.74. The Balaban J connectivity index is 1.55. The van der Waals surface area contributed by atoms with Gasteiger partial charge < -0.3 is 15.0 Å². The molecule has 0 saturated carbocycles. The molecule has 24 heavy (non-hydrogen) atoms. The van der Waals surface area contributed by atoms with E-state index in [1.165, 1.54) is 25.7 Å². The summed E-state index contributed by atoms with van der Waals surface area (Å²) in [5.74, 6) is -0.0929. The van der Waals surface area contributed by atoms with Crippen LogP contribution in [0.1, 0.15) is 10.5 Å². The number of aromatic nitrogens is 2. The lowest BCUT2D eigenvalue weighted by Crippen LogP contribution is -2.54. The Morgan fingerprint density at radius 3 is 2.75 bits per heavy atom. The predicted octanol–water partition coefficient (Wildman–Crippen LogP) is 1.85. The molecule has 124 valence electrons. The van der Waals surface area contributed by atoms with Gasteiger partial charge in [0, 0.05) is 31.2 Å². The second kappa shape index (κ2) is 6.84. The van der Waals surface area contributed by atoms with Gasteiger partial charge in [-0.25, -0.2) is 4.98 Å². The van der Waals surface area contributed by atoms with Crippen molar-refractivity contribution in [3.05, 3.63) is 47.5 Å². The van der Waals surface area contributed by atoms with Crippen LogP contribution >= 0.6 is 11.6 Å². The topological polar surface area (TPSA) is 84.4 Å². The molecular weight excluding hydrogens is 332 g/mol. The molecule has 1 aromatic heterocycles. The Morgan fingerprint density at radius 2 is 2.12 bits per heavy atom. The quantitative estimate of drug-likeness (QED) is 0.913. The molecule has 2 amide bonds. The molecule has 1 fully saturated rings. The van der Waals surface area contributed by atoms with Crippen molar-refractivity contribution in [2.45, 2.75) is 0 Å². The zero-order valence-corrected chi connectivity index (χ0v) is 13.7. The Morgan fingerprint density at radius 1 is 1.33 bits per heavy atom. The number of nitrogens with zero attached hydrogens (tertiary/aromatic N) is 3. The van der Waals surface area contributed by atoms with Crippen LogP contribution in [0.3, 0.4) is 0 Å². The van der Waals surface area contributed by atoms with Gasteiger partial charge in [-0.15, -0.1) is 0 Å². The lowest BCUT2D eigenvalue weighted by Gasteiger charge is -2.37. The zero-order chi connectivity index (χ0) is 17.1. The van der Waals surface area contributed by atoms with Crippen LogP contribution in [0.4, 0.5) is 5.69 Å². The number of methoxy groups -OCH3 is 1. The second-order valence-electron chi connectivity index (χ2n) is 5.34. The first-order valence-corrected chi connectivity index (χ1v) is 7.66. The summed E-state index contributed by atoms with van der Waals surface area (Å²) in [4.78, 5) is 33.7. The molecule has 0 bridgehead atoms. The third kappa shape index (κ3) is 3.30. The predicted molar refractivity (Wildman–Crippen MR) is 88.1 cm³/mol. The van der Waals surface area contributed by atoms with E-state index in [1.807, 2.05) is 0 Å². The minimum atomic E-state index is -0.258. The van der Waals surface area contributed by atoms with Crippen molar-refractivity contribution in [3.63, 3.8) is 0 Å². The lowest BCUT2D eigenvalue weighted by molar-refractivity contribution is -0.123. The highest BCUT2D eigenvalue weighted by atomic mass is 35.5. The van der Waals surface area contributed by atoms with Crippen molar-refractivity contribution < 1.29 is 14.3 Å². The normalized spacial score (nSPS) is 14.0. The van der Waals surface area contributed by atoms with E-state index >= 15 is 0 Å². The molecule has 2 heterocycles. The van der Waals surface area contributed by atoms with E-state index in [-0.39, 0.29) is 23.4 Å². The van der Waals surface area contributed by atoms with Crippen LogP contribution in [0.5, 0.6) is 5.75 Å². The Hall–Kier alpha value is -2.67. The number of likely N-dealkylation sites (tertiary alicyclic amines) is 1. The van der Waals surface area contributed by atoms with Crippen LogP contribution < -0.4 is 10.1 Å². The number of carbonyl (C=O) groups is 2. The number of benzene rings is 1. The maximum Gasteiger partial charge on any atom is 0.274 e. The van der Waals surface area contributed by atoms with E-state index in [1.54, 1.807) is 23.1 Å². The van der Waals surface area contributed by atoms with Crippen LogP contribution in [0.25, 0.3) is 0 Å². The van der Waals surface area contributed by atoms with Gasteiger partial charge in [0.05, 0.1) is 24.2 Å². The van der Waals surface area contributed by atoms with Gasteiger partial charge in [-0.1, -0.05) is 11.6 Å². The molecule has 1 aromatic carbocycles. The summed E-state index contributed by atoms with van der Waals surface area (Å²) in [7, 11) is 1.52. The number of amides is 2. The van der Waals surface area contributed by atoms with Gasteiger partial charge in [-0.3, -0.25) is 14.6 Å². The highest BCUT2D eigenvalue weighted by molar-refractivity contribution is 6.32. The monoisotopic (exact) mass is 346 g/mol. The van der Waals surface area contributed by atoms with Crippen LogP contribution in [-0.4, -0.2) is 46.9 Å². The van der Waals surface area contributed by atoms with Gasteiger partial charge in [-0.2, -0.15) is 0 Å². The molecule has 1 aliphatic heterocycles. The molecular formula is C16H15ClN4O3. The smallest absolute Gasteiger partial charge is 0.274 e. The molecule has 0 unspecified atom stereocenters. The average Bonchev–Trinajstić information content (AvgIpc) is 2.54. The van der Waals surface area contributed by atoms with Crippen molar-refractivity contribution in [2.24, 2.45) is 5.92 Å². The van der Waals surface area contributed by atoms with Crippen LogP contribution in [0.2, 0.25) is 5.02 Å². The fourth-order valence-corrected chi connectivity index (χ4v) is 2.63. The number of rotatable bonds is 4. The summed E-state index contributed by atoms with van der Waals surface area (Å²) in [5.41, 5.74) is 0.864. The van der Waals surface area contributed by atoms with Gasteiger partial charge in [0.2, 0.25) is 5.91 Å². The zero-order valence-electron chi connectivity index (χ0n) is 12.9.